The summed E-state index contributed by atoms with van der Waals surface area (Å²) in [4.78, 5) is 0. The van der Waals surface area contributed by atoms with Gasteiger partial charge in [0.1, 0.15) is 0 Å². The van der Waals surface area contributed by atoms with Gasteiger partial charge in [0.2, 0.25) is 0 Å². The van der Waals surface area contributed by atoms with Crippen LogP contribution in [0.4, 0.5) is 0 Å². The third-order valence-electron chi connectivity index (χ3n) is 3.05. The fraction of sp³-hybridized carbons (Fsp3) is 0.800. The van der Waals surface area contributed by atoms with Crippen LogP contribution in [0.25, 0.3) is 0 Å². The van der Waals surface area contributed by atoms with Gasteiger partial charge in [0.05, 0.1) is 17.4 Å². The lowest BCUT2D eigenvalue weighted by atomic mass is 10.1. The van der Waals surface area contributed by atoms with Crippen LogP contribution in [-0.4, -0.2) is 21.5 Å². The van der Waals surface area contributed by atoms with Crippen LogP contribution in [0.2, 0.25) is 0 Å². The average molecular weight is 194 g/mol. The molecule has 1 unspecified atom stereocenters. The summed E-state index contributed by atoms with van der Waals surface area (Å²) < 4.78 is 2.08. The Morgan fingerprint density at radius 1 is 1.36 bits per heavy atom. The molecule has 2 rings (SSSR count). The van der Waals surface area contributed by atoms with Gasteiger partial charge in [-0.05, 0) is 12.8 Å². The van der Waals surface area contributed by atoms with E-state index in [0.29, 0.717) is 12.0 Å². The van der Waals surface area contributed by atoms with E-state index in [-0.39, 0.29) is 0 Å². The molecule has 1 aliphatic rings. The number of rotatable bonds is 2. The Hall–Kier alpha value is -0.900. The van der Waals surface area contributed by atoms with Crippen molar-refractivity contribution < 1.29 is 0 Å². The number of nitrogens with one attached hydrogen (secondary N) is 1. The molecule has 0 saturated carbocycles. The molecule has 0 aromatic carbocycles. The third kappa shape index (κ3) is 1.54. The summed E-state index contributed by atoms with van der Waals surface area (Å²) in [5.41, 5.74) is 2.45. The molecule has 0 saturated heterocycles. The molecule has 4 heteroatoms. The van der Waals surface area contributed by atoms with E-state index in [1.54, 1.807) is 0 Å². The molecule has 0 bridgehead atoms. The summed E-state index contributed by atoms with van der Waals surface area (Å²) in [6.45, 7) is 8.58. The van der Waals surface area contributed by atoms with Gasteiger partial charge in [-0.25, -0.2) is 4.68 Å². The zero-order chi connectivity index (χ0) is 10.1. The third-order valence-corrected chi connectivity index (χ3v) is 3.05. The second-order valence-corrected chi connectivity index (χ2v) is 4.34. The lowest BCUT2D eigenvalue weighted by Crippen LogP contribution is -2.27. The Labute approximate surface area is 84.7 Å². The van der Waals surface area contributed by atoms with E-state index in [4.69, 9.17) is 0 Å². The first-order chi connectivity index (χ1) is 6.70. The molecule has 0 aliphatic carbocycles. The van der Waals surface area contributed by atoms with E-state index in [0.717, 1.165) is 19.5 Å². The molecular weight excluding hydrogens is 176 g/mol. The first-order valence-corrected chi connectivity index (χ1v) is 5.34. The van der Waals surface area contributed by atoms with Gasteiger partial charge in [-0.1, -0.05) is 19.1 Å². The summed E-state index contributed by atoms with van der Waals surface area (Å²) in [7, 11) is 0. The van der Waals surface area contributed by atoms with E-state index in [9.17, 15) is 0 Å². The van der Waals surface area contributed by atoms with Gasteiger partial charge in [0.25, 0.3) is 0 Å². The lowest BCUT2D eigenvalue weighted by molar-refractivity contribution is 0.354. The van der Waals surface area contributed by atoms with Crippen LogP contribution in [0, 0.1) is 5.92 Å². The molecule has 1 aliphatic heterocycles. The van der Waals surface area contributed by atoms with Crippen LogP contribution >= 0.6 is 0 Å². The molecule has 0 fully saturated rings. The van der Waals surface area contributed by atoms with Gasteiger partial charge < -0.3 is 5.32 Å². The van der Waals surface area contributed by atoms with Crippen molar-refractivity contribution in [1.29, 1.82) is 0 Å². The monoisotopic (exact) mass is 194 g/mol. The maximum absolute atomic E-state index is 4.25. The molecule has 0 radical (unpaired) electrons. The molecule has 2 heterocycles. The number of aromatic nitrogens is 3. The summed E-state index contributed by atoms with van der Waals surface area (Å²) in [6, 6.07) is 0.436. The van der Waals surface area contributed by atoms with Gasteiger partial charge in [-0.2, -0.15) is 0 Å². The van der Waals surface area contributed by atoms with Crippen molar-refractivity contribution in [2.24, 2.45) is 5.92 Å². The molecule has 0 amide bonds. The van der Waals surface area contributed by atoms with Crippen molar-refractivity contribution in [1.82, 2.24) is 20.3 Å². The van der Waals surface area contributed by atoms with Crippen molar-refractivity contribution in [3.8, 4) is 0 Å². The molecule has 1 aromatic heterocycles. The number of fused-ring (bicyclic) bond motifs is 1. The van der Waals surface area contributed by atoms with Crippen LogP contribution in [-0.2, 0) is 13.0 Å². The number of hydrogen-bond acceptors (Lipinski definition) is 3. The Balaban J connectivity index is 2.30. The maximum Gasteiger partial charge on any atom is 0.0885 e. The minimum Gasteiger partial charge on any atom is -0.311 e. The van der Waals surface area contributed by atoms with E-state index >= 15 is 0 Å². The highest BCUT2D eigenvalue weighted by molar-refractivity contribution is 5.14. The van der Waals surface area contributed by atoms with Crippen LogP contribution in [0.5, 0.6) is 0 Å². The summed E-state index contributed by atoms with van der Waals surface area (Å²) in [5.74, 6) is 0.600. The lowest BCUT2D eigenvalue weighted by Gasteiger charge is -2.20. The largest absolute Gasteiger partial charge is 0.311 e. The zero-order valence-corrected chi connectivity index (χ0v) is 9.12. The molecular formula is C10H18N4. The molecule has 78 valence electrons. The van der Waals surface area contributed by atoms with E-state index in [1.807, 2.05) is 0 Å². The molecule has 14 heavy (non-hydrogen) atoms. The summed E-state index contributed by atoms with van der Waals surface area (Å²) in [5, 5.41) is 11.8. The summed E-state index contributed by atoms with van der Waals surface area (Å²) >= 11 is 0. The average Bonchev–Trinajstić information content (AvgIpc) is 2.60. The SMILES string of the molecule is CC(C)C(C)n1nnc2c1CNCC2. The first-order valence-electron chi connectivity index (χ1n) is 5.34. The Morgan fingerprint density at radius 2 is 2.14 bits per heavy atom. The highest BCUT2D eigenvalue weighted by atomic mass is 15.4. The van der Waals surface area contributed by atoms with Crippen molar-refractivity contribution in [3.05, 3.63) is 11.4 Å². The van der Waals surface area contributed by atoms with Crippen LogP contribution < -0.4 is 5.32 Å². The van der Waals surface area contributed by atoms with Gasteiger partial charge in [-0.15, -0.1) is 5.10 Å². The standard InChI is InChI=1S/C10H18N4/c1-7(2)8(3)14-10-6-11-5-4-9(10)12-13-14/h7-8,11H,4-6H2,1-3H3. The second kappa shape index (κ2) is 3.69. The first kappa shape index (κ1) is 9.65. The topological polar surface area (TPSA) is 42.7 Å². The van der Waals surface area contributed by atoms with E-state index < -0.39 is 0 Å². The molecule has 0 spiro atoms. The highest BCUT2D eigenvalue weighted by Crippen LogP contribution is 2.20. The molecule has 1 atom stereocenters. The number of hydrogen-bond donors (Lipinski definition) is 1. The van der Waals surface area contributed by atoms with Crippen molar-refractivity contribution >= 4 is 0 Å². The quantitative estimate of drug-likeness (QED) is 0.767. The number of nitrogens with zero attached hydrogens (tertiary/aromatic N) is 3. The highest BCUT2D eigenvalue weighted by Gasteiger charge is 2.20. The van der Waals surface area contributed by atoms with Crippen molar-refractivity contribution in [2.45, 2.75) is 39.8 Å². The van der Waals surface area contributed by atoms with Gasteiger partial charge >= 0.3 is 0 Å². The van der Waals surface area contributed by atoms with Gasteiger partial charge in [0, 0.05) is 19.5 Å². The second-order valence-electron chi connectivity index (χ2n) is 4.34. The molecule has 1 aromatic rings. The van der Waals surface area contributed by atoms with Crippen LogP contribution in [0.1, 0.15) is 38.2 Å². The van der Waals surface area contributed by atoms with Crippen LogP contribution in [0.3, 0.4) is 0 Å². The Morgan fingerprint density at radius 3 is 2.86 bits per heavy atom. The van der Waals surface area contributed by atoms with Crippen molar-refractivity contribution in [2.75, 3.05) is 6.54 Å². The smallest absolute Gasteiger partial charge is 0.0885 e. The van der Waals surface area contributed by atoms with Gasteiger partial charge in [-0.3, -0.25) is 0 Å². The predicted molar refractivity (Wildman–Crippen MR) is 55.0 cm³/mol. The predicted octanol–water partition coefficient (Wildman–Crippen LogP) is 1.14. The Kier molecular flexibility index (Phi) is 2.54. The zero-order valence-electron chi connectivity index (χ0n) is 9.12. The minimum absolute atomic E-state index is 0.436. The van der Waals surface area contributed by atoms with E-state index in [1.165, 1.54) is 11.4 Å². The maximum atomic E-state index is 4.25. The Bertz CT molecular complexity index is 316. The van der Waals surface area contributed by atoms with Gasteiger partial charge in [0.15, 0.2) is 0 Å². The molecule has 1 N–H and O–H groups in total. The summed E-state index contributed by atoms with van der Waals surface area (Å²) in [6.07, 6.45) is 1.01. The fourth-order valence-electron chi connectivity index (χ4n) is 1.75. The van der Waals surface area contributed by atoms with Crippen molar-refractivity contribution in [3.63, 3.8) is 0 Å². The van der Waals surface area contributed by atoms with Crippen LogP contribution in [0.15, 0.2) is 0 Å². The minimum atomic E-state index is 0.436. The molecule has 4 nitrogen and oxygen atoms in total. The fourth-order valence-corrected chi connectivity index (χ4v) is 1.75. The normalized spacial score (nSPS) is 18.3. The van der Waals surface area contributed by atoms with E-state index in [2.05, 4.69) is 41.1 Å².